The average molecular weight is 393 g/mol. The Morgan fingerprint density at radius 2 is 1.96 bits per heavy atom. The Hall–Kier alpha value is -3.19. The van der Waals surface area contributed by atoms with Crippen molar-refractivity contribution in [1.82, 2.24) is 15.2 Å². The lowest BCUT2D eigenvalue weighted by molar-refractivity contribution is 0.0600. The molecule has 28 heavy (non-hydrogen) atoms. The molecule has 0 saturated carbocycles. The summed E-state index contributed by atoms with van der Waals surface area (Å²) in [5, 5.41) is 3.98. The van der Waals surface area contributed by atoms with Crippen LogP contribution in [0.1, 0.15) is 33.9 Å². The Labute approximate surface area is 168 Å². The van der Waals surface area contributed by atoms with Gasteiger partial charge < -0.3 is 19.4 Å². The van der Waals surface area contributed by atoms with Crippen LogP contribution in [0.25, 0.3) is 11.3 Å². The van der Waals surface area contributed by atoms with Crippen LogP contribution in [0.2, 0.25) is 0 Å². The van der Waals surface area contributed by atoms with E-state index in [9.17, 15) is 4.79 Å². The minimum atomic E-state index is -0.364. The largest absolute Gasteiger partial charge is 0.465 e. The molecule has 3 heterocycles. The number of likely N-dealkylation sites (N-methyl/N-ethyl adjacent to an activating group) is 1. The molecule has 142 valence electrons. The lowest BCUT2D eigenvalue weighted by Crippen LogP contribution is -2.24. The zero-order valence-corrected chi connectivity index (χ0v) is 16.3. The first-order chi connectivity index (χ1) is 13.6. The number of methoxy groups -OCH3 is 1. The first-order valence-electron chi connectivity index (χ1n) is 8.81. The fourth-order valence-corrected chi connectivity index (χ4v) is 3.61. The number of carbonyl (C=O) groups excluding carboxylic acids is 1. The van der Waals surface area contributed by atoms with Crippen molar-refractivity contribution in [3.05, 3.63) is 77.8 Å². The van der Waals surface area contributed by atoms with E-state index >= 15 is 0 Å². The lowest BCUT2D eigenvalue weighted by atomic mass is 10.0. The summed E-state index contributed by atoms with van der Waals surface area (Å²) in [4.78, 5) is 18.1. The van der Waals surface area contributed by atoms with Crippen LogP contribution in [0.4, 0.5) is 0 Å². The summed E-state index contributed by atoms with van der Waals surface area (Å²) in [7, 11) is 3.31. The molecule has 0 spiro atoms. The molecule has 2 atom stereocenters. The van der Waals surface area contributed by atoms with Crippen molar-refractivity contribution >= 4 is 23.3 Å². The van der Waals surface area contributed by atoms with Crippen LogP contribution in [0, 0.1) is 0 Å². The quantitative estimate of drug-likeness (QED) is 0.535. The molecule has 3 aromatic rings. The molecule has 2 aromatic heterocycles. The molecule has 1 aliphatic rings. The van der Waals surface area contributed by atoms with Gasteiger partial charge in [-0.05, 0) is 48.6 Å². The number of pyridine rings is 1. The third kappa shape index (κ3) is 3.25. The monoisotopic (exact) mass is 393 g/mol. The summed E-state index contributed by atoms with van der Waals surface area (Å²) in [6.45, 7) is 0. The van der Waals surface area contributed by atoms with Gasteiger partial charge in [-0.2, -0.15) is 0 Å². The topological polar surface area (TPSA) is 67.6 Å². The van der Waals surface area contributed by atoms with Crippen LogP contribution in [0.3, 0.4) is 0 Å². The molecule has 0 bridgehead atoms. The number of ether oxygens (including phenoxy) is 1. The summed E-state index contributed by atoms with van der Waals surface area (Å²) in [5.41, 5.74) is 2.28. The van der Waals surface area contributed by atoms with Crippen LogP contribution in [0.15, 0.2) is 65.2 Å². The average Bonchev–Trinajstić information content (AvgIpc) is 3.33. The number of aromatic nitrogens is 1. The molecule has 6 nitrogen and oxygen atoms in total. The van der Waals surface area contributed by atoms with Gasteiger partial charge in [0.2, 0.25) is 0 Å². The molecule has 1 aliphatic heterocycles. The molecular weight excluding hydrogens is 374 g/mol. The Morgan fingerprint density at radius 1 is 1.18 bits per heavy atom. The van der Waals surface area contributed by atoms with E-state index in [-0.39, 0.29) is 18.1 Å². The summed E-state index contributed by atoms with van der Waals surface area (Å²) in [6.07, 6.45) is 1.77. The van der Waals surface area contributed by atoms with Gasteiger partial charge in [-0.1, -0.05) is 18.2 Å². The molecule has 7 heteroatoms. The van der Waals surface area contributed by atoms with Gasteiger partial charge in [0.05, 0.1) is 24.4 Å². The second kappa shape index (κ2) is 7.44. The maximum atomic E-state index is 11.6. The van der Waals surface area contributed by atoms with E-state index in [1.54, 1.807) is 18.3 Å². The zero-order valence-electron chi connectivity index (χ0n) is 15.5. The van der Waals surface area contributed by atoms with E-state index < -0.39 is 0 Å². The van der Waals surface area contributed by atoms with Crippen molar-refractivity contribution in [3.8, 4) is 11.3 Å². The van der Waals surface area contributed by atoms with Gasteiger partial charge in [-0.3, -0.25) is 4.98 Å². The van der Waals surface area contributed by atoms with E-state index in [1.165, 1.54) is 7.11 Å². The first-order valence-corrected chi connectivity index (χ1v) is 9.22. The van der Waals surface area contributed by atoms with Gasteiger partial charge in [-0.15, -0.1) is 0 Å². The second-order valence-corrected chi connectivity index (χ2v) is 6.90. The second-order valence-electron chi connectivity index (χ2n) is 6.51. The van der Waals surface area contributed by atoms with Crippen LogP contribution in [-0.2, 0) is 4.74 Å². The number of hydrogen-bond acceptors (Lipinski definition) is 5. The van der Waals surface area contributed by atoms with Gasteiger partial charge in [0, 0.05) is 18.8 Å². The lowest BCUT2D eigenvalue weighted by Gasteiger charge is -2.21. The molecular formula is C21H19N3O3S. The summed E-state index contributed by atoms with van der Waals surface area (Å²) >= 11 is 5.45. The number of rotatable bonds is 4. The molecule has 0 amide bonds. The van der Waals surface area contributed by atoms with Crippen molar-refractivity contribution in [3.63, 3.8) is 0 Å². The predicted octanol–water partition coefficient (Wildman–Crippen LogP) is 3.73. The van der Waals surface area contributed by atoms with Gasteiger partial charge in [0.15, 0.2) is 5.11 Å². The molecule has 1 fully saturated rings. The van der Waals surface area contributed by atoms with E-state index in [4.69, 9.17) is 21.4 Å². The minimum absolute atomic E-state index is 0.0978. The smallest absolute Gasteiger partial charge is 0.337 e. The maximum Gasteiger partial charge on any atom is 0.337 e. The van der Waals surface area contributed by atoms with Gasteiger partial charge >= 0.3 is 5.97 Å². The van der Waals surface area contributed by atoms with Crippen LogP contribution < -0.4 is 5.32 Å². The van der Waals surface area contributed by atoms with Crippen molar-refractivity contribution < 1.29 is 13.9 Å². The van der Waals surface area contributed by atoms with Crippen molar-refractivity contribution in [2.24, 2.45) is 0 Å². The fourth-order valence-electron chi connectivity index (χ4n) is 3.37. The minimum Gasteiger partial charge on any atom is -0.465 e. The highest BCUT2D eigenvalue weighted by molar-refractivity contribution is 7.80. The molecule has 0 unspecified atom stereocenters. The summed E-state index contributed by atoms with van der Waals surface area (Å²) in [5.74, 6) is 1.15. The molecule has 1 N–H and O–H groups in total. The molecule has 0 radical (unpaired) electrons. The van der Waals surface area contributed by atoms with Crippen molar-refractivity contribution in [1.29, 1.82) is 0 Å². The zero-order chi connectivity index (χ0) is 19.7. The number of nitrogens with zero attached hydrogens (tertiary/aromatic N) is 2. The summed E-state index contributed by atoms with van der Waals surface area (Å²) in [6, 6.07) is 16.6. The van der Waals surface area contributed by atoms with E-state index in [2.05, 4.69) is 10.3 Å². The number of carbonyl (C=O) groups is 1. The van der Waals surface area contributed by atoms with Crippen LogP contribution >= 0.6 is 12.2 Å². The van der Waals surface area contributed by atoms with Crippen LogP contribution in [-0.4, -0.2) is 35.1 Å². The number of esters is 1. The van der Waals surface area contributed by atoms with E-state index in [1.807, 2.05) is 54.4 Å². The Bertz CT molecular complexity index is 1000. The number of thiocarbonyl (C=S) groups is 1. The molecule has 0 aliphatic carbocycles. The number of benzene rings is 1. The van der Waals surface area contributed by atoms with Gasteiger partial charge in [0.1, 0.15) is 17.6 Å². The first kappa shape index (κ1) is 18.2. The van der Waals surface area contributed by atoms with Crippen LogP contribution in [0.5, 0.6) is 0 Å². The Morgan fingerprint density at radius 3 is 2.64 bits per heavy atom. The predicted molar refractivity (Wildman–Crippen MR) is 109 cm³/mol. The van der Waals surface area contributed by atoms with Crippen molar-refractivity contribution in [2.45, 2.75) is 12.1 Å². The highest BCUT2D eigenvalue weighted by atomic mass is 32.1. The van der Waals surface area contributed by atoms with Gasteiger partial charge in [-0.25, -0.2) is 4.79 Å². The number of nitrogens with one attached hydrogen (secondary N) is 1. The number of furan rings is 1. The normalized spacial score (nSPS) is 18.8. The highest BCUT2D eigenvalue weighted by Gasteiger charge is 2.39. The maximum absolute atomic E-state index is 11.6. The fraction of sp³-hybridized carbons (Fsp3) is 0.190. The van der Waals surface area contributed by atoms with E-state index in [0.717, 1.165) is 22.8 Å². The molecule has 1 aromatic carbocycles. The standard InChI is InChI=1S/C21H19N3O3S/c1-24-19(18(23-21(24)28)15-5-3-4-12-22-15)17-11-10-16(27-17)13-6-8-14(9-7-13)20(25)26-2/h3-12,18-19H,1-2H3,(H,23,28)/t18-,19+/m1/s1. The third-order valence-electron chi connectivity index (χ3n) is 4.85. The SMILES string of the molecule is COC(=O)c1ccc(-c2ccc([C@H]3[C@@H](c4ccccn4)NC(=S)N3C)o2)cc1. The summed E-state index contributed by atoms with van der Waals surface area (Å²) < 4.78 is 10.9. The highest BCUT2D eigenvalue weighted by Crippen LogP contribution is 2.39. The van der Waals surface area contributed by atoms with E-state index in [0.29, 0.717) is 10.7 Å². The Kier molecular flexibility index (Phi) is 4.83. The molecule has 1 saturated heterocycles. The molecule has 4 rings (SSSR count). The number of hydrogen-bond donors (Lipinski definition) is 1. The van der Waals surface area contributed by atoms with Gasteiger partial charge in [0.25, 0.3) is 0 Å². The van der Waals surface area contributed by atoms with Crippen molar-refractivity contribution in [2.75, 3.05) is 14.2 Å². The Balaban J connectivity index is 1.64. The third-order valence-corrected chi connectivity index (χ3v) is 5.25.